The zero-order valence-electron chi connectivity index (χ0n) is 21.6. The van der Waals surface area contributed by atoms with Gasteiger partial charge < -0.3 is 10.3 Å². The second-order valence-electron chi connectivity index (χ2n) is 11.0. The first kappa shape index (κ1) is 25.0. The Balaban J connectivity index is 1.63. The molecule has 7 heteroatoms. The number of hydrazine groups is 1. The zero-order chi connectivity index (χ0) is 24.7. The van der Waals surface area contributed by atoms with Crippen LogP contribution in [0.3, 0.4) is 0 Å². The van der Waals surface area contributed by atoms with Gasteiger partial charge in [-0.25, -0.2) is 8.42 Å². The highest BCUT2D eigenvalue weighted by atomic mass is 32.2. The molecule has 1 aromatic carbocycles. The van der Waals surface area contributed by atoms with Crippen LogP contribution in [-0.4, -0.2) is 62.9 Å². The highest BCUT2D eigenvalue weighted by molar-refractivity contribution is 7.89. The summed E-state index contributed by atoms with van der Waals surface area (Å²) in [5.41, 5.74) is 9.67. The predicted octanol–water partition coefficient (Wildman–Crippen LogP) is 4.25. The first-order valence-corrected chi connectivity index (χ1v) is 13.9. The van der Waals surface area contributed by atoms with Gasteiger partial charge in [0.05, 0.1) is 10.6 Å². The molecule has 0 spiro atoms. The lowest BCUT2D eigenvalue weighted by molar-refractivity contribution is 0.296. The molecule has 2 heterocycles. The maximum atomic E-state index is 13.6. The number of nitrogens with zero attached hydrogens (tertiary/aromatic N) is 3. The monoisotopic (exact) mass is 484 g/mol. The predicted molar refractivity (Wildman–Crippen MR) is 139 cm³/mol. The Bertz CT molecular complexity index is 1110. The number of nitrogens with one attached hydrogen (secondary N) is 1. The van der Waals surface area contributed by atoms with E-state index in [9.17, 15) is 8.42 Å². The molecule has 1 N–H and O–H groups in total. The Morgan fingerprint density at radius 3 is 2.47 bits per heavy atom. The third-order valence-electron chi connectivity index (χ3n) is 7.10. The lowest BCUT2D eigenvalue weighted by atomic mass is 9.79. The molecule has 1 aliphatic carbocycles. The SMILES string of the molecule is CCCCN1NC=C2C1=CC1=C(CN(S(=O)(=O)c3ccc(C(C)(C)C)cc3)CC1)[C@@H]2CN(C)C. The third-order valence-corrected chi connectivity index (χ3v) is 8.96. The number of benzene rings is 1. The van der Waals surface area contributed by atoms with Gasteiger partial charge in [0.25, 0.3) is 0 Å². The summed E-state index contributed by atoms with van der Waals surface area (Å²) in [7, 11) is 0.623. The second-order valence-corrected chi connectivity index (χ2v) is 12.9. The number of rotatable bonds is 7. The molecule has 0 fully saturated rings. The molecule has 2 aliphatic heterocycles. The van der Waals surface area contributed by atoms with Crippen LogP contribution in [0.1, 0.15) is 52.5 Å². The quantitative estimate of drug-likeness (QED) is 0.627. The fraction of sp³-hybridized carbons (Fsp3) is 0.556. The summed E-state index contributed by atoms with van der Waals surface area (Å²) in [6.07, 6.45) is 7.45. The summed E-state index contributed by atoms with van der Waals surface area (Å²) in [4.78, 5) is 2.58. The topological polar surface area (TPSA) is 55.9 Å². The molecular formula is C27H40N4O2S. The molecule has 1 atom stereocenters. The Morgan fingerprint density at radius 2 is 1.85 bits per heavy atom. The largest absolute Gasteiger partial charge is 0.308 e. The third kappa shape index (κ3) is 4.83. The molecular weight excluding hydrogens is 444 g/mol. The van der Waals surface area contributed by atoms with Crippen molar-refractivity contribution in [3.8, 4) is 0 Å². The van der Waals surface area contributed by atoms with Crippen molar-refractivity contribution in [1.29, 1.82) is 0 Å². The molecule has 0 saturated heterocycles. The van der Waals surface area contributed by atoms with E-state index >= 15 is 0 Å². The van der Waals surface area contributed by atoms with Crippen molar-refractivity contribution in [2.45, 2.75) is 57.3 Å². The molecule has 3 aliphatic rings. The van der Waals surface area contributed by atoms with Crippen LogP contribution in [0.15, 0.2) is 63.9 Å². The van der Waals surface area contributed by atoms with E-state index in [0.717, 1.165) is 37.9 Å². The van der Waals surface area contributed by atoms with Crippen LogP contribution in [0.25, 0.3) is 0 Å². The van der Waals surface area contributed by atoms with E-state index < -0.39 is 10.0 Å². The number of unbranched alkanes of at least 4 members (excludes halogenated alkanes) is 1. The highest BCUT2D eigenvalue weighted by Gasteiger charge is 2.39. The molecule has 34 heavy (non-hydrogen) atoms. The van der Waals surface area contributed by atoms with Crippen LogP contribution in [-0.2, 0) is 15.4 Å². The van der Waals surface area contributed by atoms with Crippen LogP contribution in [0.2, 0.25) is 0 Å². The minimum Gasteiger partial charge on any atom is -0.308 e. The molecule has 0 bridgehead atoms. The molecule has 1 aromatic rings. The lowest BCUT2D eigenvalue weighted by Crippen LogP contribution is -2.42. The molecule has 4 rings (SSSR count). The van der Waals surface area contributed by atoms with E-state index in [1.165, 1.54) is 22.4 Å². The summed E-state index contributed by atoms with van der Waals surface area (Å²) < 4.78 is 28.9. The number of sulfonamides is 1. The minimum atomic E-state index is -3.55. The normalized spacial score (nSPS) is 21.3. The van der Waals surface area contributed by atoms with Gasteiger partial charge in [0.1, 0.15) is 0 Å². The van der Waals surface area contributed by atoms with Gasteiger partial charge >= 0.3 is 0 Å². The van der Waals surface area contributed by atoms with E-state index in [-0.39, 0.29) is 11.3 Å². The van der Waals surface area contributed by atoms with Crippen molar-refractivity contribution in [2.75, 3.05) is 40.3 Å². The fourth-order valence-electron chi connectivity index (χ4n) is 5.07. The molecule has 0 unspecified atom stereocenters. The number of hydrogen-bond acceptors (Lipinski definition) is 5. The van der Waals surface area contributed by atoms with Gasteiger partial charge in [0, 0.05) is 43.9 Å². The van der Waals surface area contributed by atoms with Gasteiger partial charge in [-0.05, 0) is 67.3 Å². The molecule has 0 aromatic heterocycles. The second kappa shape index (κ2) is 9.51. The van der Waals surface area contributed by atoms with Gasteiger partial charge in [-0.2, -0.15) is 4.31 Å². The standard InChI is InChI=1S/C27H40N4O2S/c1-7-8-14-31-26-16-20-13-15-30(19-24(20)25(18-29(5)6)23(26)17-28-31)34(32,33)22-11-9-21(10-12-22)27(2,3)4/h9-12,16-17,25,28H,7-8,13-15,18-19H2,1-6H3/t25-/m1/s1. The van der Waals surface area contributed by atoms with E-state index in [1.54, 1.807) is 16.4 Å². The lowest BCUT2D eigenvalue weighted by Gasteiger charge is -2.38. The molecule has 0 amide bonds. The average molecular weight is 485 g/mol. The number of allylic oxidation sites excluding steroid dienone is 2. The maximum Gasteiger partial charge on any atom is 0.243 e. The highest BCUT2D eigenvalue weighted by Crippen LogP contribution is 2.42. The van der Waals surface area contributed by atoms with Gasteiger partial charge in [-0.1, -0.05) is 46.2 Å². The van der Waals surface area contributed by atoms with Crippen molar-refractivity contribution < 1.29 is 8.42 Å². The van der Waals surface area contributed by atoms with E-state index in [4.69, 9.17) is 0 Å². The first-order chi connectivity index (χ1) is 16.0. The van der Waals surface area contributed by atoms with Crippen LogP contribution >= 0.6 is 0 Å². The van der Waals surface area contributed by atoms with Crippen molar-refractivity contribution in [3.05, 3.63) is 64.5 Å². The smallest absolute Gasteiger partial charge is 0.243 e. The molecule has 0 saturated carbocycles. The van der Waals surface area contributed by atoms with E-state index in [1.807, 2.05) is 12.1 Å². The van der Waals surface area contributed by atoms with E-state index in [2.05, 4.69) is 69.4 Å². The zero-order valence-corrected chi connectivity index (χ0v) is 22.4. The molecule has 0 radical (unpaired) electrons. The molecule has 186 valence electrons. The summed E-state index contributed by atoms with van der Waals surface area (Å²) in [6.45, 7) is 11.4. The Labute approximate surface area is 206 Å². The number of hydrogen-bond donors (Lipinski definition) is 1. The van der Waals surface area contributed by atoms with Crippen molar-refractivity contribution in [1.82, 2.24) is 19.6 Å². The maximum absolute atomic E-state index is 13.6. The van der Waals surface area contributed by atoms with Gasteiger partial charge in [0.2, 0.25) is 10.0 Å². The fourth-order valence-corrected chi connectivity index (χ4v) is 6.49. The van der Waals surface area contributed by atoms with Crippen molar-refractivity contribution in [2.24, 2.45) is 5.92 Å². The summed E-state index contributed by atoms with van der Waals surface area (Å²) in [5.74, 6) is 0.186. The Hall–Kier alpha value is -2.09. The summed E-state index contributed by atoms with van der Waals surface area (Å²) in [6, 6.07) is 7.44. The van der Waals surface area contributed by atoms with Gasteiger partial charge in [-0.15, -0.1) is 0 Å². The van der Waals surface area contributed by atoms with E-state index in [0.29, 0.717) is 18.0 Å². The van der Waals surface area contributed by atoms with Crippen LogP contribution in [0.4, 0.5) is 0 Å². The van der Waals surface area contributed by atoms with Crippen LogP contribution in [0.5, 0.6) is 0 Å². The summed E-state index contributed by atoms with van der Waals surface area (Å²) in [5, 5.41) is 2.26. The van der Waals surface area contributed by atoms with Gasteiger partial charge in [-0.3, -0.25) is 5.01 Å². The van der Waals surface area contributed by atoms with Crippen LogP contribution in [0, 0.1) is 5.92 Å². The average Bonchev–Trinajstić information content (AvgIpc) is 3.19. The Kier molecular flexibility index (Phi) is 7.00. The van der Waals surface area contributed by atoms with Gasteiger partial charge in [0.15, 0.2) is 0 Å². The van der Waals surface area contributed by atoms with Crippen LogP contribution < -0.4 is 5.43 Å². The molecule has 6 nitrogen and oxygen atoms in total. The first-order valence-electron chi connectivity index (χ1n) is 12.5. The summed E-state index contributed by atoms with van der Waals surface area (Å²) >= 11 is 0. The minimum absolute atomic E-state index is 0.00722. The Morgan fingerprint density at radius 1 is 1.15 bits per heavy atom. The van der Waals surface area contributed by atoms with Crippen molar-refractivity contribution >= 4 is 10.0 Å². The number of fused-ring (bicyclic) bond motifs is 1. The van der Waals surface area contributed by atoms with Crippen molar-refractivity contribution in [3.63, 3.8) is 0 Å².